The van der Waals surface area contributed by atoms with Gasteiger partial charge in [0.1, 0.15) is 11.9 Å². The minimum atomic E-state index is -0.604. The number of aromatic nitrogens is 1. The Morgan fingerprint density at radius 3 is 2.73 bits per heavy atom. The fourth-order valence-electron chi connectivity index (χ4n) is 1.79. The van der Waals surface area contributed by atoms with Crippen LogP contribution in [0.25, 0.3) is 0 Å². The summed E-state index contributed by atoms with van der Waals surface area (Å²) in [5, 5.41) is 13.7. The second-order valence-corrected chi connectivity index (χ2v) is 4.79. The highest BCUT2D eigenvalue weighted by Crippen LogP contribution is 2.27. The van der Waals surface area contributed by atoms with Gasteiger partial charge in [-0.25, -0.2) is 0 Å². The summed E-state index contributed by atoms with van der Waals surface area (Å²) in [5.41, 5.74) is 0.717. The molecule has 114 valence electrons. The smallest absolute Gasteiger partial charge is 0.288 e. The van der Waals surface area contributed by atoms with Crippen LogP contribution in [0.2, 0.25) is 5.02 Å². The molecule has 2 rings (SSSR count). The van der Waals surface area contributed by atoms with E-state index >= 15 is 0 Å². The van der Waals surface area contributed by atoms with Gasteiger partial charge < -0.3 is 10.1 Å². The molecule has 0 unspecified atom stereocenters. The summed E-state index contributed by atoms with van der Waals surface area (Å²) in [6.07, 6.45) is 1.11. The van der Waals surface area contributed by atoms with Crippen molar-refractivity contribution in [1.82, 2.24) is 4.98 Å². The van der Waals surface area contributed by atoms with Crippen molar-refractivity contribution in [3.05, 3.63) is 56.9 Å². The maximum absolute atomic E-state index is 12.2. The normalized spacial score (nSPS) is 10.1. The number of ether oxygens (including phenoxy) is 1. The summed E-state index contributed by atoms with van der Waals surface area (Å²) < 4.78 is 5.02. The molecule has 22 heavy (non-hydrogen) atoms. The Kier molecular flexibility index (Phi) is 4.57. The standard InChI is InChI=1S/C14H12ClN3O4/c1-8-11(6-10(7-16-8)18(20)21)14(19)17-9-3-4-13(22-2)12(15)5-9/h3-7H,1-2H3,(H,17,19). The number of benzene rings is 1. The molecule has 0 bridgehead atoms. The Balaban J connectivity index is 2.27. The first kappa shape index (κ1) is 15.7. The van der Waals surface area contributed by atoms with Crippen LogP contribution in [0.4, 0.5) is 11.4 Å². The predicted octanol–water partition coefficient (Wildman–Crippen LogP) is 3.21. The highest BCUT2D eigenvalue weighted by Gasteiger charge is 2.16. The first-order valence-electron chi connectivity index (χ1n) is 6.18. The molecule has 8 heteroatoms. The van der Waals surface area contributed by atoms with Gasteiger partial charge in [0.15, 0.2) is 0 Å². The summed E-state index contributed by atoms with van der Waals surface area (Å²) in [6.45, 7) is 1.60. The molecule has 1 aromatic heterocycles. The van der Waals surface area contributed by atoms with Gasteiger partial charge in [-0.3, -0.25) is 19.9 Å². The zero-order chi connectivity index (χ0) is 16.3. The molecule has 0 aliphatic heterocycles. The van der Waals surface area contributed by atoms with Crippen LogP contribution in [0.3, 0.4) is 0 Å². The lowest BCUT2D eigenvalue weighted by molar-refractivity contribution is -0.385. The average Bonchev–Trinajstić information content (AvgIpc) is 2.47. The lowest BCUT2D eigenvalue weighted by atomic mass is 10.1. The summed E-state index contributed by atoms with van der Waals surface area (Å²) in [4.78, 5) is 26.2. The molecule has 0 aliphatic carbocycles. The van der Waals surface area contributed by atoms with Gasteiger partial charge in [0, 0.05) is 11.8 Å². The molecule has 0 saturated heterocycles. The van der Waals surface area contributed by atoms with Crippen LogP contribution >= 0.6 is 11.6 Å². The van der Waals surface area contributed by atoms with Gasteiger partial charge in [-0.2, -0.15) is 0 Å². The van der Waals surface area contributed by atoms with Gasteiger partial charge in [-0.1, -0.05) is 11.6 Å². The SMILES string of the molecule is COc1ccc(NC(=O)c2cc([N+](=O)[O-])cnc2C)cc1Cl. The van der Waals surface area contributed by atoms with Crippen molar-refractivity contribution in [2.24, 2.45) is 0 Å². The van der Waals surface area contributed by atoms with E-state index in [1.165, 1.54) is 19.2 Å². The Morgan fingerprint density at radius 2 is 2.14 bits per heavy atom. The third-order valence-corrected chi connectivity index (χ3v) is 3.23. The largest absolute Gasteiger partial charge is 0.495 e. The zero-order valence-electron chi connectivity index (χ0n) is 11.8. The van der Waals surface area contributed by atoms with Crippen LogP contribution in [-0.4, -0.2) is 22.9 Å². The third kappa shape index (κ3) is 3.32. The van der Waals surface area contributed by atoms with E-state index in [9.17, 15) is 14.9 Å². The number of nitrogens with zero attached hydrogens (tertiary/aromatic N) is 2. The molecule has 0 spiro atoms. The first-order chi connectivity index (χ1) is 10.4. The van der Waals surface area contributed by atoms with Crippen molar-refractivity contribution >= 4 is 28.9 Å². The number of aryl methyl sites for hydroxylation is 1. The van der Waals surface area contributed by atoms with Gasteiger partial charge >= 0.3 is 0 Å². The Bertz CT molecular complexity index is 749. The second kappa shape index (κ2) is 6.40. The van der Waals surface area contributed by atoms with Crippen LogP contribution in [-0.2, 0) is 0 Å². The van der Waals surface area contributed by atoms with Gasteiger partial charge in [0.25, 0.3) is 11.6 Å². The summed E-state index contributed by atoms with van der Waals surface area (Å²) >= 11 is 5.98. The lowest BCUT2D eigenvalue weighted by Gasteiger charge is -2.09. The summed E-state index contributed by atoms with van der Waals surface area (Å²) in [7, 11) is 1.48. The molecule has 1 heterocycles. The van der Waals surface area contributed by atoms with Crippen molar-refractivity contribution in [2.45, 2.75) is 6.92 Å². The molecule has 1 N–H and O–H groups in total. The summed E-state index contributed by atoms with van der Waals surface area (Å²) in [5.74, 6) is -0.0252. The van der Waals surface area contributed by atoms with E-state index in [0.29, 0.717) is 22.2 Å². The van der Waals surface area contributed by atoms with Gasteiger partial charge in [-0.05, 0) is 25.1 Å². The van der Waals surface area contributed by atoms with Crippen LogP contribution in [0.15, 0.2) is 30.5 Å². The number of halogens is 1. The van der Waals surface area contributed by atoms with Crippen molar-refractivity contribution in [2.75, 3.05) is 12.4 Å². The molecule has 1 aromatic carbocycles. The van der Waals surface area contributed by atoms with E-state index < -0.39 is 10.8 Å². The number of amides is 1. The van der Waals surface area contributed by atoms with Crippen LogP contribution in [0, 0.1) is 17.0 Å². The molecule has 7 nitrogen and oxygen atoms in total. The molecule has 0 radical (unpaired) electrons. The van der Waals surface area contributed by atoms with E-state index in [0.717, 1.165) is 6.20 Å². The monoisotopic (exact) mass is 321 g/mol. The van der Waals surface area contributed by atoms with Crippen molar-refractivity contribution in [3.8, 4) is 5.75 Å². The van der Waals surface area contributed by atoms with E-state index in [2.05, 4.69) is 10.3 Å². The molecule has 0 saturated carbocycles. The maximum atomic E-state index is 12.2. The minimum Gasteiger partial charge on any atom is -0.495 e. The van der Waals surface area contributed by atoms with Crippen molar-refractivity contribution in [1.29, 1.82) is 0 Å². The first-order valence-corrected chi connectivity index (χ1v) is 6.56. The number of hydrogen-bond acceptors (Lipinski definition) is 5. The second-order valence-electron chi connectivity index (χ2n) is 4.39. The Hall–Kier alpha value is -2.67. The number of carbonyl (C=O) groups is 1. The van der Waals surface area contributed by atoms with E-state index in [-0.39, 0.29) is 11.3 Å². The predicted molar refractivity (Wildman–Crippen MR) is 81.6 cm³/mol. The van der Waals surface area contributed by atoms with E-state index in [1.807, 2.05) is 0 Å². The number of hydrogen-bond donors (Lipinski definition) is 1. The molecule has 0 aliphatic rings. The number of rotatable bonds is 4. The lowest BCUT2D eigenvalue weighted by Crippen LogP contribution is -2.14. The van der Waals surface area contributed by atoms with Gasteiger partial charge in [0.05, 0.1) is 28.3 Å². The number of nitrogens with one attached hydrogen (secondary N) is 1. The Labute approximate surface area is 131 Å². The maximum Gasteiger partial charge on any atom is 0.288 e. The molecular formula is C14H12ClN3O4. The zero-order valence-corrected chi connectivity index (χ0v) is 12.5. The highest BCUT2D eigenvalue weighted by molar-refractivity contribution is 6.32. The van der Waals surface area contributed by atoms with Gasteiger partial charge in [-0.15, -0.1) is 0 Å². The van der Waals surface area contributed by atoms with Crippen LogP contribution < -0.4 is 10.1 Å². The van der Waals surface area contributed by atoms with Crippen LogP contribution in [0.5, 0.6) is 5.75 Å². The number of carbonyl (C=O) groups excluding carboxylic acids is 1. The average molecular weight is 322 g/mol. The molecular weight excluding hydrogens is 310 g/mol. The third-order valence-electron chi connectivity index (χ3n) is 2.94. The molecule has 1 amide bonds. The minimum absolute atomic E-state index is 0.126. The summed E-state index contributed by atoms with van der Waals surface area (Å²) in [6, 6.07) is 5.93. The fourth-order valence-corrected chi connectivity index (χ4v) is 2.05. The quantitative estimate of drug-likeness (QED) is 0.689. The number of nitro groups is 1. The van der Waals surface area contributed by atoms with E-state index in [4.69, 9.17) is 16.3 Å². The number of anilines is 1. The van der Waals surface area contributed by atoms with Crippen molar-refractivity contribution < 1.29 is 14.5 Å². The Morgan fingerprint density at radius 1 is 1.41 bits per heavy atom. The molecule has 0 atom stereocenters. The number of methoxy groups -OCH3 is 1. The van der Waals surface area contributed by atoms with Crippen LogP contribution in [0.1, 0.15) is 16.1 Å². The topological polar surface area (TPSA) is 94.4 Å². The molecule has 2 aromatic rings. The number of pyridine rings is 1. The fraction of sp³-hybridized carbons (Fsp3) is 0.143. The van der Waals surface area contributed by atoms with E-state index in [1.54, 1.807) is 19.1 Å². The molecule has 0 fully saturated rings. The van der Waals surface area contributed by atoms with Gasteiger partial charge in [0.2, 0.25) is 0 Å². The highest BCUT2D eigenvalue weighted by atomic mass is 35.5. The van der Waals surface area contributed by atoms with Crippen molar-refractivity contribution in [3.63, 3.8) is 0 Å².